The van der Waals surface area contributed by atoms with Crippen molar-refractivity contribution < 1.29 is 4.79 Å². The van der Waals surface area contributed by atoms with E-state index in [0.29, 0.717) is 5.69 Å². The molecular formula is C21H18N4OS2. The maximum Gasteiger partial charge on any atom is 0.271 e. The number of carbonyl (C=O) groups is 1. The lowest BCUT2D eigenvalue weighted by Gasteiger charge is -2.34. The molecule has 0 fully saturated rings. The zero-order valence-electron chi connectivity index (χ0n) is 15.0. The highest BCUT2D eigenvalue weighted by Gasteiger charge is 2.32. The second-order valence-electron chi connectivity index (χ2n) is 6.82. The summed E-state index contributed by atoms with van der Waals surface area (Å²) in [6.45, 7) is 0. The number of amides is 1. The van der Waals surface area contributed by atoms with Crippen LogP contribution in [0.25, 0.3) is 10.6 Å². The van der Waals surface area contributed by atoms with E-state index >= 15 is 0 Å². The lowest BCUT2D eigenvalue weighted by molar-refractivity contribution is 0.0913. The van der Waals surface area contributed by atoms with E-state index in [2.05, 4.69) is 38.1 Å². The molecule has 0 unspecified atom stereocenters. The Morgan fingerprint density at radius 3 is 2.96 bits per heavy atom. The van der Waals surface area contributed by atoms with E-state index < -0.39 is 0 Å². The molecule has 0 saturated heterocycles. The SMILES string of the molecule is O=C(N[C@H]1c2ccccc2CC[C@H]1n1ccnc1)c1csc(-c2ccsc2)n1. The van der Waals surface area contributed by atoms with Crippen molar-refractivity contribution in [1.82, 2.24) is 19.9 Å². The molecule has 1 N–H and O–H groups in total. The average Bonchev–Trinajstić information content (AvgIpc) is 3.50. The number of hydrogen-bond acceptors (Lipinski definition) is 5. The maximum atomic E-state index is 13.0. The number of nitrogens with one attached hydrogen (secondary N) is 1. The van der Waals surface area contributed by atoms with Crippen molar-refractivity contribution >= 4 is 28.6 Å². The first-order chi connectivity index (χ1) is 13.8. The molecule has 0 aliphatic heterocycles. The van der Waals surface area contributed by atoms with Gasteiger partial charge in [-0.3, -0.25) is 4.79 Å². The number of thiazole rings is 1. The van der Waals surface area contributed by atoms with Gasteiger partial charge in [0.05, 0.1) is 18.4 Å². The molecule has 1 aliphatic carbocycles. The first-order valence-electron chi connectivity index (χ1n) is 9.14. The van der Waals surface area contributed by atoms with Crippen LogP contribution in [0.4, 0.5) is 0 Å². The summed E-state index contributed by atoms with van der Waals surface area (Å²) in [5.74, 6) is -0.135. The van der Waals surface area contributed by atoms with Gasteiger partial charge in [0.2, 0.25) is 0 Å². The van der Waals surface area contributed by atoms with Crippen LogP contribution in [0.15, 0.2) is 65.2 Å². The monoisotopic (exact) mass is 406 g/mol. The molecule has 1 aliphatic rings. The van der Waals surface area contributed by atoms with Gasteiger partial charge in [-0.15, -0.1) is 11.3 Å². The van der Waals surface area contributed by atoms with Gasteiger partial charge in [0, 0.05) is 28.7 Å². The van der Waals surface area contributed by atoms with Crippen LogP contribution >= 0.6 is 22.7 Å². The van der Waals surface area contributed by atoms with Crippen LogP contribution < -0.4 is 5.32 Å². The highest BCUT2D eigenvalue weighted by atomic mass is 32.1. The van der Waals surface area contributed by atoms with Crippen molar-refractivity contribution in [2.45, 2.75) is 24.9 Å². The minimum absolute atomic E-state index is 0.113. The molecule has 140 valence electrons. The molecule has 0 bridgehead atoms. The molecule has 3 aromatic heterocycles. The van der Waals surface area contributed by atoms with Crippen molar-refractivity contribution in [3.63, 3.8) is 0 Å². The van der Waals surface area contributed by atoms with Crippen molar-refractivity contribution in [3.05, 3.63) is 82.0 Å². The van der Waals surface area contributed by atoms with Crippen molar-refractivity contribution in [3.8, 4) is 10.6 Å². The normalized spacial score (nSPS) is 18.6. The third kappa shape index (κ3) is 3.16. The lowest BCUT2D eigenvalue weighted by Crippen LogP contribution is -2.37. The number of carbonyl (C=O) groups excluding carboxylic acids is 1. The number of benzene rings is 1. The minimum atomic E-state index is -0.135. The number of nitrogens with zero attached hydrogens (tertiary/aromatic N) is 3. The van der Waals surface area contributed by atoms with Crippen molar-refractivity contribution in [2.75, 3.05) is 0 Å². The molecule has 0 saturated carbocycles. The standard InChI is InChI=1S/C21H18N4OS2/c26-20(17-12-28-21(23-17)15-7-10-27-11-15)24-19-16-4-2-1-3-14(16)5-6-18(19)25-9-8-22-13-25/h1-4,7-13,18-19H,5-6H2,(H,24,26)/t18-,19+/m1/s1. The Kier molecular flexibility index (Phi) is 4.54. The molecule has 0 radical (unpaired) electrons. The largest absolute Gasteiger partial charge is 0.342 e. The highest BCUT2D eigenvalue weighted by Crippen LogP contribution is 2.38. The number of imidazole rings is 1. The van der Waals surface area contributed by atoms with E-state index in [1.807, 2.05) is 40.8 Å². The fourth-order valence-electron chi connectivity index (χ4n) is 3.82. The third-order valence-corrected chi connectivity index (χ3v) is 6.76. The summed E-state index contributed by atoms with van der Waals surface area (Å²) < 4.78 is 2.10. The van der Waals surface area contributed by atoms with Gasteiger partial charge in [0.15, 0.2) is 0 Å². The summed E-state index contributed by atoms with van der Waals surface area (Å²) in [5.41, 5.74) is 4.00. The second-order valence-corrected chi connectivity index (χ2v) is 8.45. The van der Waals surface area contributed by atoms with Gasteiger partial charge >= 0.3 is 0 Å². The van der Waals surface area contributed by atoms with Gasteiger partial charge < -0.3 is 9.88 Å². The number of rotatable bonds is 4. The Hall–Kier alpha value is -2.77. The van der Waals surface area contributed by atoms with Gasteiger partial charge in [-0.05, 0) is 35.4 Å². The molecule has 0 spiro atoms. The molecule has 5 rings (SSSR count). The van der Waals surface area contributed by atoms with E-state index in [4.69, 9.17) is 0 Å². The maximum absolute atomic E-state index is 13.0. The minimum Gasteiger partial charge on any atom is -0.342 e. The van der Waals surface area contributed by atoms with Gasteiger partial charge in [-0.1, -0.05) is 24.3 Å². The summed E-state index contributed by atoms with van der Waals surface area (Å²) >= 11 is 3.13. The van der Waals surface area contributed by atoms with Gasteiger partial charge in [0.1, 0.15) is 10.7 Å². The average molecular weight is 407 g/mol. The number of aryl methyl sites for hydroxylation is 1. The van der Waals surface area contributed by atoms with Crippen molar-refractivity contribution in [1.29, 1.82) is 0 Å². The summed E-state index contributed by atoms with van der Waals surface area (Å²) in [6.07, 6.45) is 7.53. The number of fused-ring (bicyclic) bond motifs is 1. The number of aromatic nitrogens is 3. The first kappa shape index (κ1) is 17.3. The number of thiophene rings is 1. The molecule has 2 atom stereocenters. The zero-order chi connectivity index (χ0) is 18.9. The summed E-state index contributed by atoms with van der Waals surface area (Å²) in [4.78, 5) is 21.8. The van der Waals surface area contributed by atoms with E-state index in [1.54, 1.807) is 17.5 Å². The lowest BCUT2D eigenvalue weighted by atomic mass is 9.83. The van der Waals surface area contributed by atoms with Gasteiger partial charge in [0.25, 0.3) is 5.91 Å². The molecule has 7 heteroatoms. The number of hydrogen-bond donors (Lipinski definition) is 1. The van der Waals surface area contributed by atoms with Crippen LogP contribution in [0.1, 0.15) is 40.1 Å². The van der Waals surface area contributed by atoms with Crippen LogP contribution in [0.2, 0.25) is 0 Å². The Morgan fingerprint density at radius 1 is 1.21 bits per heavy atom. The van der Waals surface area contributed by atoms with Gasteiger partial charge in [-0.2, -0.15) is 11.3 Å². The van der Waals surface area contributed by atoms with E-state index in [1.165, 1.54) is 22.5 Å². The summed E-state index contributed by atoms with van der Waals surface area (Å²) in [7, 11) is 0. The quantitative estimate of drug-likeness (QED) is 0.533. The molecule has 28 heavy (non-hydrogen) atoms. The van der Waals surface area contributed by atoms with E-state index in [0.717, 1.165) is 23.4 Å². The van der Waals surface area contributed by atoms with E-state index in [-0.39, 0.29) is 18.0 Å². The Labute approximate surface area is 170 Å². The molecule has 5 nitrogen and oxygen atoms in total. The second kappa shape index (κ2) is 7.33. The van der Waals surface area contributed by atoms with Crippen LogP contribution in [-0.4, -0.2) is 20.4 Å². The summed E-state index contributed by atoms with van der Waals surface area (Å²) in [5, 5.41) is 10.0. The smallest absolute Gasteiger partial charge is 0.271 e. The summed E-state index contributed by atoms with van der Waals surface area (Å²) in [6, 6.07) is 10.4. The Bertz CT molecular complexity index is 1090. The third-order valence-electron chi connectivity index (χ3n) is 5.18. The first-order valence-corrected chi connectivity index (χ1v) is 11.0. The van der Waals surface area contributed by atoms with Crippen molar-refractivity contribution in [2.24, 2.45) is 0 Å². The van der Waals surface area contributed by atoms with Crippen LogP contribution in [0.5, 0.6) is 0 Å². The molecule has 3 heterocycles. The molecule has 1 aromatic carbocycles. The predicted octanol–water partition coefficient (Wildman–Crippen LogP) is 4.73. The van der Waals surface area contributed by atoms with Crippen LogP contribution in [0.3, 0.4) is 0 Å². The Morgan fingerprint density at radius 2 is 2.14 bits per heavy atom. The fraction of sp³-hybridized carbons (Fsp3) is 0.190. The molecular weight excluding hydrogens is 388 g/mol. The molecule has 1 amide bonds. The van der Waals surface area contributed by atoms with E-state index in [9.17, 15) is 4.79 Å². The fourth-order valence-corrected chi connectivity index (χ4v) is 5.33. The van der Waals surface area contributed by atoms with Crippen LogP contribution in [-0.2, 0) is 6.42 Å². The van der Waals surface area contributed by atoms with Gasteiger partial charge in [-0.25, -0.2) is 9.97 Å². The Balaban J connectivity index is 1.45. The van der Waals surface area contributed by atoms with Crippen LogP contribution in [0, 0.1) is 0 Å². The zero-order valence-corrected chi connectivity index (χ0v) is 16.6. The molecule has 4 aromatic rings. The topological polar surface area (TPSA) is 59.8 Å². The predicted molar refractivity (Wildman–Crippen MR) is 112 cm³/mol. The highest BCUT2D eigenvalue weighted by molar-refractivity contribution is 7.14.